The Hall–Kier alpha value is -2.09. The Kier molecular flexibility index (Phi) is 8.34. The van der Waals surface area contributed by atoms with Crippen LogP contribution in [0.4, 0.5) is 0 Å². The van der Waals surface area contributed by atoms with Crippen molar-refractivity contribution in [3.05, 3.63) is 11.6 Å². The van der Waals surface area contributed by atoms with Gasteiger partial charge in [0.15, 0.2) is 12.4 Å². The molecule has 1 saturated heterocycles. The van der Waals surface area contributed by atoms with E-state index in [9.17, 15) is 50.1 Å². The van der Waals surface area contributed by atoms with Gasteiger partial charge in [-0.3, -0.25) is 9.59 Å². The number of aliphatic hydroxyl groups excluding tert-OH is 4. The van der Waals surface area contributed by atoms with Crippen molar-refractivity contribution in [2.45, 2.75) is 142 Å². The van der Waals surface area contributed by atoms with Crippen LogP contribution in [0.5, 0.6) is 0 Å². The number of fused-ring (bicyclic) bond motifs is 7. The maximum Gasteiger partial charge on any atom is 0.335 e. The summed E-state index contributed by atoms with van der Waals surface area (Å²) in [4.78, 5) is 38.0. The summed E-state index contributed by atoms with van der Waals surface area (Å²) in [7, 11) is 0. The molecule has 0 amide bonds. The van der Waals surface area contributed by atoms with Gasteiger partial charge in [-0.25, -0.2) is 4.79 Å². The lowest BCUT2D eigenvalue weighted by atomic mass is 9.33. The smallest absolute Gasteiger partial charge is 0.335 e. The van der Waals surface area contributed by atoms with Crippen molar-refractivity contribution in [3.63, 3.8) is 0 Å². The molecule has 0 aromatic heterocycles. The monoisotopic (exact) mass is 678 g/mol. The fourth-order valence-electron chi connectivity index (χ4n) is 12.2. The van der Waals surface area contributed by atoms with Crippen LogP contribution >= 0.6 is 0 Å². The summed E-state index contributed by atoms with van der Waals surface area (Å²) in [6.07, 6.45) is -4.39. The number of hydrogen-bond donors (Lipinski definition) is 7. The van der Waals surface area contributed by atoms with Gasteiger partial charge in [-0.05, 0) is 104 Å². The Morgan fingerprint density at radius 1 is 0.792 bits per heavy atom. The molecule has 0 radical (unpaired) electrons. The first-order valence-electron chi connectivity index (χ1n) is 17.5. The zero-order valence-electron chi connectivity index (χ0n) is 28.9. The molecule has 48 heavy (non-hydrogen) atoms. The molecular weight excluding hydrogens is 624 g/mol. The molecule has 15 unspecified atom stereocenters. The Labute approximate surface area is 281 Å². The van der Waals surface area contributed by atoms with Crippen molar-refractivity contribution in [2.75, 3.05) is 0 Å². The van der Waals surface area contributed by atoms with Crippen LogP contribution in [0.25, 0.3) is 0 Å². The van der Waals surface area contributed by atoms with Crippen LogP contribution in [0.15, 0.2) is 11.6 Å². The van der Waals surface area contributed by atoms with Crippen LogP contribution in [-0.4, -0.2) is 96.6 Å². The molecule has 1 heterocycles. The molecule has 7 N–H and O–H groups in total. The van der Waals surface area contributed by atoms with E-state index in [4.69, 9.17) is 9.47 Å². The molecule has 0 aromatic rings. The van der Waals surface area contributed by atoms with E-state index in [1.807, 2.05) is 0 Å². The van der Waals surface area contributed by atoms with Gasteiger partial charge >= 0.3 is 17.9 Å². The number of carboxylic acids is 3. The van der Waals surface area contributed by atoms with Crippen molar-refractivity contribution in [1.82, 2.24) is 0 Å². The summed E-state index contributed by atoms with van der Waals surface area (Å²) < 4.78 is 11.4. The number of allylic oxidation sites excluding steroid dienone is 2. The summed E-state index contributed by atoms with van der Waals surface area (Å²) in [5, 5.41) is 74.1. The van der Waals surface area contributed by atoms with Crippen molar-refractivity contribution in [1.29, 1.82) is 0 Å². The molecule has 5 fully saturated rings. The van der Waals surface area contributed by atoms with E-state index in [0.29, 0.717) is 32.1 Å². The minimum atomic E-state index is -1.94. The zero-order chi connectivity index (χ0) is 35.6. The second kappa shape index (κ2) is 11.2. The van der Waals surface area contributed by atoms with Crippen LogP contribution in [0, 0.1) is 50.2 Å². The van der Waals surface area contributed by atoms with Gasteiger partial charge in [-0.2, -0.15) is 0 Å². The fraction of sp³-hybridized carbons (Fsp3) is 0.861. The summed E-state index contributed by atoms with van der Waals surface area (Å²) >= 11 is 0. The van der Waals surface area contributed by atoms with Gasteiger partial charge in [0, 0.05) is 0 Å². The highest BCUT2D eigenvalue weighted by Crippen LogP contribution is 2.76. The first-order chi connectivity index (χ1) is 22.1. The number of aliphatic carboxylic acids is 3. The minimum absolute atomic E-state index is 0.0180. The van der Waals surface area contributed by atoms with Gasteiger partial charge in [0.2, 0.25) is 0 Å². The van der Waals surface area contributed by atoms with E-state index in [1.54, 1.807) is 0 Å². The Morgan fingerprint density at radius 3 is 2.04 bits per heavy atom. The molecule has 6 rings (SSSR count). The van der Waals surface area contributed by atoms with Crippen LogP contribution < -0.4 is 0 Å². The quantitative estimate of drug-likeness (QED) is 0.165. The highest BCUT2D eigenvalue weighted by molar-refractivity contribution is 5.77. The third-order valence-corrected chi connectivity index (χ3v) is 15.2. The third kappa shape index (κ3) is 4.65. The number of hydrogen-bond acceptors (Lipinski definition) is 9. The van der Waals surface area contributed by atoms with E-state index in [1.165, 1.54) is 12.5 Å². The van der Waals surface area contributed by atoms with Crippen molar-refractivity contribution in [2.24, 2.45) is 50.2 Å². The van der Waals surface area contributed by atoms with E-state index in [-0.39, 0.29) is 34.5 Å². The number of carbonyl (C=O) groups is 3. The van der Waals surface area contributed by atoms with Gasteiger partial charge in [-0.15, -0.1) is 0 Å². The SMILES string of the molecule is CC1(C)CCC2(C(=O)O)CCC3(C)C(=CCC4C5(C)CC(O)C(OC6OC(C(=O)O)C(O)C(O)C6O)C(C)(C(=O)O)C5CCC43C)C2C1. The molecule has 0 aromatic carbocycles. The molecule has 1 aliphatic heterocycles. The normalized spacial score (nSPS) is 52.8. The number of rotatable bonds is 5. The second-order valence-corrected chi connectivity index (χ2v) is 17.8. The molecule has 15 atom stereocenters. The van der Waals surface area contributed by atoms with Gasteiger partial charge in [-0.1, -0.05) is 46.3 Å². The molecule has 12 heteroatoms. The Morgan fingerprint density at radius 2 is 1.44 bits per heavy atom. The predicted molar refractivity (Wildman–Crippen MR) is 169 cm³/mol. The van der Waals surface area contributed by atoms with Crippen LogP contribution in [0.1, 0.15) is 99.3 Å². The topological polar surface area (TPSA) is 211 Å². The molecule has 0 spiro atoms. The summed E-state index contributed by atoms with van der Waals surface area (Å²) in [5.74, 6) is -4.12. The molecule has 6 aliphatic rings. The highest BCUT2D eigenvalue weighted by Gasteiger charge is 2.72. The first-order valence-corrected chi connectivity index (χ1v) is 17.5. The van der Waals surface area contributed by atoms with Gasteiger partial charge < -0.3 is 45.2 Å². The lowest BCUT2D eigenvalue weighted by Crippen LogP contribution is -2.70. The molecule has 4 saturated carbocycles. The summed E-state index contributed by atoms with van der Waals surface area (Å²) in [6.45, 7) is 12.6. The van der Waals surface area contributed by atoms with Gasteiger partial charge in [0.25, 0.3) is 0 Å². The van der Waals surface area contributed by atoms with Crippen LogP contribution in [-0.2, 0) is 23.9 Å². The van der Waals surface area contributed by atoms with E-state index in [2.05, 4.69) is 40.7 Å². The van der Waals surface area contributed by atoms with Gasteiger partial charge in [0.1, 0.15) is 24.4 Å². The Bertz CT molecular complexity index is 1390. The molecule has 12 nitrogen and oxygen atoms in total. The molecule has 0 bridgehead atoms. The van der Waals surface area contributed by atoms with Crippen LogP contribution in [0.2, 0.25) is 0 Å². The largest absolute Gasteiger partial charge is 0.481 e. The number of ether oxygens (including phenoxy) is 2. The lowest BCUT2D eigenvalue weighted by Gasteiger charge is -2.71. The maximum absolute atomic E-state index is 13.3. The number of carboxylic acid groups (broad SMARTS) is 3. The Balaban J connectivity index is 1.36. The van der Waals surface area contributed by atoms with Crippen molar-refractivity contribution >= 4 is 17.9 Å². The first kappa shape index (κ1) is 35.7. The van der Waals surface area contributed by atoms with E-state index < -0.39 is 83.0 Å². The number of aliphatic hydroxyl groups is 4. The summed E-state index contributed by atoms with van der Waals surface area (Å²) in [5.41, 5.74) is -2.53. The minimum Gasteiger partial charge on any atom is -0.481 e. The van der Waals surface area contributed by atoms with E-state index >= 15 is 0 Å². The lowest BCUT2D eigenvalue weighted by molar-refractivity contribution is -0.335. The third-order valence-electron chi connectivity index (χ3n) is 15.2. The molecule has 5 aliphatic carbocycles. The van der Waals surface area contributed by atoms with E-state index in [0.717, 1.165) is 19.3 Å². The maximum atomic E-state index is 13.3. The average molecular weight is 679 g/mol. The second-order valence-electron chi connectivity index (χ2n) is 17.8. The van der Waals surface area contributed by atoms with Crippen LogP contribution in [0.3, 0.4) is 0 Å². The zero-order valence-corrected chi connectivity index (χ0v) is 28.9. The predicted octanol–water partition coefficient (Wildman–Crippen LogP) is 3.19. The molecule has 270 valence electrons. The molecular formula is C36H54O12. The van der Waals surface area contributed by atoms with Crippen molar-refractivity contribution in [3.8, 4) is 0 Å². The highest BCUT2D eigenvalue weighted by atomic mass is 16.7. The van der Waals surface area contributed by atoms with Crippen molar-refractivity contribution < 1.29 is 59.6 Å². The fourth-order valence-corrected chi connectivity index (χ4v) is 12.2. The summed E-state index contributed by atoms with van der Waals surface area (Å²) in [6, 6.07) is 0. The standard InChI is InChI=1S/C36H54O12/c1-31(2)11-13-36(30(45)46)14-12-33(4)17(18(36)15-31)7-8-20-32(3)16-19(37)26(35(6,29(43)44)21(32)9-10-34(20,33)5)48-28-24(40)22(38)23(39)25(47-28)27(41)42/h7,18-26,28,37-40H,8-16H2,1-6H3,(H,41,42)(H,43,44)(H,45,46). The average Bonchev–Trinajstić information content (AvgIpc) is 2.98. The van der Waals surface area contributed by atoms with Gasteiger partial charge in [0.05, 0.1) is 16.9 Å².